The lowest BCUT2D eigenvalue weighted by Crippen LogP contribution is -2.37. The van der Waals surface area contributed by atoms with Crippen molar-refractivity contribution in [3.8, 4) is 5.75 Å². The van der Waals surface area contributed by atoms with Gasteiger partial charge in [0.2, 0.25) is 0 Å². The molecule has 0 amide bonds. The van der Waals surface area contributed by atoms with Crippen molar-refractivity contribution in [1.82, 2.24) is 0 Å². The van der Waals surface area contributed by atoms with Gasteiger partial charge >= 0.3 is 0 Å². The highest BCUT2D eigenvalue weighted by Gasteiger charge is 2.34. The highest BCUT2D eigenvalue weighted by Crippen LogP contribution is 2.41. The maximum absolute atomic E-state index is 10.0. The monoisotopic (exact) mass is 270 g/mol. The van der Waals surface area contributed by atoms with Crippen LogP contribution in [-0.2, 0) is 0 Å². The molecule has 1 aromatic carbocycles. The maximum Gasteiger partial charge on any atom is 0.127 e. The average Bonchev–Trinajstić information content (AvgIpc) is 2.16. The summed E-state index contributed by atoms with van der Waals surface area (Å²) in [6.07, 6.45) is 1.15. The normalized spacial score (nSPS) is 29.5. The molecule has 3 heteroatoms. The Morgan fingerprint density at radius 1 is 1.60 bits per heavy atom. The molecule has 1 aromatic rings. The van der Waals surface area contributed by atoms with Gasteiger partial charge in [-0.3, -0.25) is 0 Å². The molecular formula is C12H15BrO2. The number of halogens is 1. The Kier molecular flexibility index (Phi) is 2.77. The molecule has 1 aliphatic rings. The molecule has 0 spiro atoms. The van der Waals surface area contributed by atoms with Crippen molar-refractivity contribution >= 4 is 15.9 Å². The largest absolute Gasteiger partial charge is 0.487 e. The molecule has 15 heavy (non-hydrogen) atoms. The van der Waals surface area contributed by atoms with Gasteiger partial charge in [-0.05, 0) is 25.5 Å². The van der Waals surface area contributed by atoms with E-state index < -0.39 is 6.10 Å². The minimum Gasteiger partial charge on any atom is -0.487 e. The zero-order valence-electron chi connectivity index (χ0n) is 8.96. The van der Waals surface area contributed by atoms with Crippen molar-refractivity contribution in [3.63, 3.8) is 0 Å². The zero-order valence-corrected chi connectivity index (χ0v) is 10.5. The molecule has 2 atom stereocenters. The smallest absolute Gasteiger partial charge is 0.127 e. The van der Waals surface area contributed by atoms with Crippen molar-refractivity contribution in [1.29, 1.82) is 0 Å². The van der Waals surface area contributed by atoms with Gasteiger partial charge in [0.05, 0.1) is 6.10 Å². The fourth-order valence-electron chi connectivity index (χ4n) is 1.91. The summed E-state index contributed by atoms with van der Waals surface area (Å²) in [7, 11) is 0. The van der Waals surface area contributed by atoms with E-state index in [4.69, 9.17) is 4.74 Å². The minimum atomic E-state index is -0.410. The summed E-state index contributed by atoms with van der Waals surface area (Å²) in [6, 6.07) is 5.77. The number of aliphatic hydroxyl groups is 1. The predicted octanol–water partition coefficient (Wildman–Crippen LogP) is 3.43. The van der Waals surface area contributed by atoms with Gasteiger partial charge in [0.15, 0.2) is 0 Å². The number of aliphatic hydroxyl groups excluding tert-OH is 1. The highest BCUT2D eigenvalue weighted by atomic mass is 79.9. The quantitative estimate of drug-likeness (QED) is 0.847. The molecular weight excluding hydrogens is 256 g/mol. The lowest BCUT2D eigenvalue weighted by molar-refractivity contribution is -0.00382. The van der Waals surface area contributed by atoms with Crippen LogP contribution in [0.4, 0.5) is 0 Å². The lowest BCUT2D eigenvalue weighted by Gasteiger charge is -2.37. The summed E-state index contributed by atoms with van der Waals surface area (Å²) in [5.74, 6) is 0.799. The average molecular weight is 271 g/mol. The second kappa shape index (κ2) is 3.80. The molecule has 2 rings (SSSR count). The topological polar surface area (TPSA) is 29.5 Å². The molecule has 1 aliphatic heterocycles. The number of hydrogen-bond donors (Lipinski definition) is 1. The van der Waals surface area contributed by atoms with Crippen molar-refractivity contribution in [2.45, 2.75) is 38.4 Å². The van der Waals surface area contributed by atoms with Crippen LogP contribution < -0.4 is 4.74 Å². The summed E-state index contributed by atoms with van der Waals surface area (Å²) in [4.78, 5) is 0. The van der Waals surface area contributed by atoms with Crippen LogP contribution in [0.1, 0.15) is 38.4 Å². The van der Waals surface area contributed by atoms with Crippen LogP contribution in [0.3, 0.4) is 0 Å². The van der Waals surface area contributed by atoms with Gasteiger partial charge < -0.3 is 9.84 Å². The third-order valence-corrected chi connectivity index (χ3v) is 3.56. The van der Waals surface area contributed by atoms with Gasteiger partial charge in [-0.1, -0.05) is 28.9 Å². The van der Waals surface area contributed by atoms with Gasteiger partial charge in [-0.15, -0.1) is 0 Å². The second-order valence-corrected chi connectivity index (χ2v) is 5.22. The second-order valence-electron chi connectivity index (χ2n) is 4.31. The van der Waals surface area contributed by atoms with Crippen LogP contribution in [0, 0.1) is 0 Å². The van der Waals surface area contributed by atoms with Crippen LogP contribution in [0.25, 0.3) is 0 Å². The highest BCUT2D eigenvalue weighted by molar-refractivity contribution is 9.10. The number of benzene rings is 1. The number of rotatable bonds is 1. The molecule has 1 N–H and O–H groups in total. The first-order valence-electron chi connectivity index (χ1n) is 5.20. The van der Waals surface area contributed by atoms with E-state index in [1.807, 2.05) is 25.1 Å². The number of hydrogen-bond acceptors (Lipinski definition) is 2. The maximum atomic E-state index is 10.0. The van der Waals surface area contributed by atoms with Crippen molar-refractivity contribution in [2.75, 3.05) is 0 Å². The van der Waals surface area contributed by atoms with Crippen molar-refractivity contribution in [3.05, 3.63) is 28.2 Å². The Morgan fingerprint density at radius 2 is 2.33 bits per heavy atom. The summed E-state index contributed by atoms with van der Waals surface area (Å²) in [6.45, 7) is 4.12. The van der Waals surface area contributed by atoms with Gasteiger partial charge in [0.25, 0.3) is 0 Å². The van der Waals surface area contributed by atoms with Gasteiger partial charge in [0, 0.05) is 16.5 Å². The molecule has 0 aliphatic carbocycles. The van der Waals surface area contributed by atoms with Gasteiger partial charge in [0.1, 0.15) is 11.4 Å². The summed E-state index contributed by atoms with van der Waals surface area (Å²) >= 11 is 3.41. The van der Waals surface area contributed by atoms with E-state index in [0.717, 1.165) is 22.2 Å². The Hall–Kier alpha value is -0.540. The molecule has 1 heterocycles. The van der Waals surface area contributed by atoms with E-state index in [1.54, 1.807) is 0 Å². The fraction of sp³-hybridized carbons (Fsp3) is 0.500. The van der Waals surface area contributed by atoms with Crippen molar-refractivity contribution < 1.29 is 9.84 Å². The van der Waals surface area contributed by atoms with Crippen molar-refractivity contribution in [2.24, 2.45) is 0 Å². The molecule has 0 saturated heterocycles. The molecule has 82 valence electrons. The first kappa shape index (κ1) is 11.0. The van der Waals surface area contributed by atoms with E-state index in [0.29, 0.717) is 6.42 Å². The van der Waals surface area contributed by atoms with E-state index in [9.17, 15) is 5.11 Å². The molecule has 2 unspecified atom stereocenters. The number of fused-ring (bicyclic) bond motifs is 1. The van der Waals surface area contributed by atoms with Crippen LogP contribution in [0.2, 0.25) is 0 Å². The summed E-state index contributed by atoms with van der Waals surface area (Å²) in [5.41, 5.74) is 0.650. The number of ether oxygens (including phenoxy) is 1. The van der Waals surface area contributed by atoms with E-state index in [1.165, 1.54) is 0 Å². The summed E-state index contributed by atoms with van der Waals surface area (Å²) < 4.78 is 6.91. The molecule has 2 nitrogen and oxygen atoms in total. The Labute approximate surface area is 98.4 Å². The van der Waals surface area contributed by atoms with E-state index in [2.05, 4.69) is 22.9 Å². The molecule has 0 fully saturated rings. The van der Waals surface area contributed by atoms with Gasteiger partial charge in [-0.25, -0.2) is 0 Å². The van der Waals surface area contributed by atoms with Crippen LogP contribution >= 0.6 is 15.9 Å². The zero-order chi connectivity index (χ0) is 11.1. The van der Waals surface area contributed by atoms with Gasteiger partial charge in [-0.2, -0.15) is 0 Å². The fourth-order valence-corrected chi connectivity index (χ4v) is 2.25. The minimum absolute atomic E-state index is 0.243. The first-order valence-corrected chi connectivity index (χ1v) is 6.00. The Bertz CT molecular complexity index is 378. The van der Waals surface area contributed by atoms with E-state index in [-0.39, 0.29) is 5.60 Å². The van der Waals surface area contributed by atoms with Crippen LogP contribution in [-0.4, -0.2) is 10.7 Å². The lowest BCUT2D eigenvalue weighted by atomic mass is 9.88. The molecule has 0 saturated carbocycles. The summed E-state index contributed by atoms with van der Waals surface area (Å²) in [5, 5.41) is 10.0. The predicted molar refractivity (Wildman–Crippen MR) is 63.0 cm³/mol. The molecule has 0 bridgehead atoms. The third kappa shape index (κ3) is 2.04. The Morgan fingerprint density at radius 3 is 3.00 bits per heavy atom. The SMILES string of the molecule is CCC1(C)CC(O)c2ccc(Br)cc2O1. The molecule has 0 aromatic heterocycles. The Balaban J connectivity index is 2.41. The first-order chi connectivity index (χ1) is 7.04. The molecule has 0 radical (unpaired) electrons. The van der Waals surface area contributed by atoms with E-state index >= 15 is 0 Å². The standard InChI is InChI=1S/C12H15BrO2/c1-3-12(2)7-10(14)9-5-4-8(13)6-11(9)15-12/h4-6,10,14H,3,7H2,1-2H3. The van der Waals surface area contributed by atoms with Crippen LogP contribution in [0.5, 0.6) is 5.75 Å². The van der Waals surface area contributed by atoms with Crippen LogP contribution in [0.15, 0.2) is 22.7 Å². The third-order valence-electron chi connectivity index (χ3n) is 3.06.